The molecule has 0 aliphatic carbocycles. The van der Waals surface area contributed by atoms with Crippen molar-refractivity contribution in [1.82, 2.24) is 5.32 Å². The number of halogens is 1. The number of sulfone groups is 1. The van der Waals surface area contributed by atoms with Crippen molar-refractivity contribution in [2.75, 3.05) is 11.5 Å². The van der Waals surface area contributed by atoms with Crippen molar-refractivity contribution in [3.05, 3.63) is 34.9 Å². The number of carboxylic acids is 1. The molecule has 2 N–H and O–H groups in total. The molecule has 1 unspecified atom stereocenters. The third-order valence-corrected chi connectivity index (χ3v) is 5.63. The molecule has 0 bridgehead atoms. The smallest absolute Gasteiger partial charge is 0.330 e. The second-order valence-electron chi connectivity index (χ2n) is 5.26. The molecule has 0 aromatic heterocycles. The number of benzene rings is 1. The van der Waals surface area contributed by atoms with E-state index in [1.54, 1.807) is 12.1 Å². The van der Waals surface area contributed by atoms with Crippen molar-refractivity contribution in [3.63, 3.8) is 0 Å². The van der Waals surface area contributed by atoms with E-state index in [0.717, 1.165) is 0 Å². The minimum atomic E-state index is -3.06. The standard InChI is InChI=1S/C14H16ClNO5S/c15-11-3-1-9(2-4-11)12(14(18)19)16-13(17)10-5-7-22(20,21)8-6-10/h1-4,10,12H,5-8H2,(H,16,17)(H,18,19). The number of hydrogen-bond donors (Lipinski definition) is 2. The van der Waals surface area contributed by atoms with Crippen molar-refractivity contribution in [3.8, 4) is 0 Å². The Morgan fingerprint density at radius 2 is 1.73 bits per heavy atom. The lowest BCUT2D eigenvalue weighted by molar-refractivity contribution is -0.142. The Hall–Kier alpha value is -1.60. The van der Waals surface area contributed by atoms with Gasteiger partial charge in [0.15, 0.2) is 6.04 Å². The fraction of sp³-hybridized carbons (Fsp3) is 0.429. The topological polar surface area (TPSA) is 101 Å². The molecule has 0 radical (unpaired) electrons. The Kier molecular flexibility index (Phi) is 5.08. The minimum absolute atomic E-state index is 0.0379. The lowest BCUT2D eigenvalue weighted by atomic mass is 10.00. The van der Waals surface area contributed by atoms with Crippen LogP contribution in [0.5, 0.6) is 0 Å². The molecular weight excluding hydrogens is 330 g/mol. The maximum atomic E-state index is 12.2. The average molecular weight is 346 g/mol. The van der Waals surface area contributed by atoms with Crippen LogP contribution in [0.25, 0.3) is 0 Å². The van der Waals surface area contributed by atoms with E-state index >= 15 is 0 Å². The van der Waals surface area contributed by atoms with E-state index in [4.69, 9.17) is 11.6 Å². The van der Waals surface area contributed by atoms with Crippen LogP contribution >= 0.6 is 11.6 Å². The number of amides is 1. The van der Waals surface area contributed by atoms with Crippen molar-refractivity contribution >= 4 is 33.3 Å². The van der Waals surface area contributed by atoms with Gasteiger partial charge in [0.2, 0.25) is 5.91 Å². The summed E-state index contributed by atoms with van der Waals surface area (Å²) in [4.78, 5) is 23.5. The number of rotatable bonds is 4. The normalized spacial score (nSPS) is 19.3. The first-order valence-electron chi connectivity index (χ1n) is 6.77. The van der Waals surface area contributed by atoms with Gasteiger partial charge in [-0.05, 0) is 30.5 Å². The summed E-state index contributed by atoms with van der Waals surface area (Å²) >= 11 is 5.76. The molecule has 1 aliphatic rings. The van der Waals surface area contributed by atoms with Crippen LogP contribution in [0.3, 0.4) is 0 Å². The maximum Gasteiger partial charge on any atom is 0.330 e. The molecule has 6 nitrogen and oxygen atoms in total. The third-order valence-electron chi connectivity index (χ3n) is 3.66. The number of aliphatic carboxylic acids is 1. The van der Waals surface area contributed by atoms with Crippen LogP contribution in [0.15, 0.2) is 24.3 Å². The Morgan fingerprint density at radius 3 is 2.23 bits per heavy atom. The van der Waals surface area contributed by atoms with Crippen molar-refractivity contribution < 1.29 is 23.1 Å². The Morgan fingerprint density at radius 1 is 1.18 bits per heavy atom. The SMILES string of the molecule is O=C(NC(C(=O)O)c1ccc(Cl)cc1)C1CCS(=O)(=O)CC1. The average Bonchev–Trinajstić information content (AvgIpc) is 2.45. The monoisotopic (exact) mass is 345 g/mol. The van der Waals surface area contributed by atoms with E-state index in [2.05, 4.69) is 5.32 Å². The molecule has 0 spiro atoms. The van der Waals surface area contributed by atoms with Crippen LogP contribution in [-0.2, 0) is 19.4 Å². The Balaban J connectivity index is 2.07. The summed E-state index contributed by atoms with van der Waals surface area (Å²) < 4.78 is 22.7. The van der Waals surface area contributed by atoms with E-state index in [-0.39, 0.29) is 24.3 Å². The van der Waals surface area contributed by atoms with Gasteiger partial charge in [-0.25, -0.2) is 13.2 Å². The van der Waals surface area contributed by atoms with E-state index in [9.17, 15) is 23.1 Å². The van der Waals surface area contributed by atoms with E-state index in [1.807, 2.05) is 0 Å². The van der Waals surface area contributed by atoms with Crippen molar-refractivity contribution in [2.45, 2.75) is 18.9 Å². The summed E-state index contributed by atoms with van der Waals surface area (Å²) in [6.45, 7) is 0. The molecule has 1 saturated heterocycles. The summed E-state index contributed by atoms with van der Waals surface area (Å²) in [6, 6.07) is 4.99. The van der Waals surface area contributed by atoms with Crippen molar-refractivity contribution in [2.24, 2.45) is 5.92 Å². The molecule has 1 aliphatic heterocycles. The molecule has 1 fully saturated rings. The highest BCUT2D eigenvalue weighted by atomic mass is 35.5. The van der Waals surface area contributed by atoms with Gasteiger partial charge in [0.05, 0.1) is 11.5 Å². The molecule has 1 atom stereocenters. The zero-order chi connectivity index (χ0) is 16.3. The largest absolute Gasteiger partial charge is 0.479 e. The quantitative estimate of drug-likeness (QED) is 0.859. The summed E-state index contributed by atoms with van der Waals surface area (Å²) in [5.74, 6) is -2.16. The van der Waals surface area contributed by atoms with Crippen LogP contribution in [0.1, 0.15) is 24.4 Å². The van der Waals surface area contributed by atoms with Crippen LogP contribution in [0.4, 0.5) is 0 Å². The highest BCUT2D eigenvalue weighted by Crippen LogP contribution is 2.22. The van der Waals surface area contributed by atoms with Gasteiger partial charge in [-0.3, -0.25) is 4.79 Å². The van der Waals surface area contributed by atoms with Gasteiger partial charge in [0.25, 0.3) is 0 Å². The molecule has 22 heavy (non-hydrogen) atoms. The second kappa shape index (κ2) is 6.66. The number of carbonyl (C=O) groups is 2. The zero-order valence-corrected chi connectivity index (χ0v) is 13.2. The highest BCUT2D eigenvalue weighted by Gasteiger charge is 2.31. The lowest BCUT2D eigenvalue weighted by Gasteiger charge is -2.23. The lowest BCUT2D eigenvalue weighted by Crippen LogP contribution is -2.40. The molecule has 1 heterocycles. The second-order valence-corrected chi connectivity index (χ2v) is 8.00. The van der Waals surface area contributed by atoms with E-state index in [1.165, 1.54) is 12.1 Å². The van der Waals surface area contributed by atoms with E-state index in [0.29, 0.717) is 10.6 Å². The van der Waals surface area contributed by atoms with Gasteiger partial charge in [0.1, 0.15) is 9.84 Å². The van der Waals surface area contributed by atoms with Gasteiger partial charge in [0, 0.05) is 10.9 Å². The molecular formula is C14H16ClNO5S. The predicted molar refractivity (Wildman–Crippen MR) is 81.3 cm³/mol. The van der Waals surface area contributed by atoms with Gasteiger partial charge in [-0.2, -0.15) is 0 Å². The molecule has 1 aromatic rings. The predicted octanol–water partition coefficient (Wildman–Crippen LogP) is 1.41. The molecule has 8 heteroatoms. The number of carboxylic acid groups (broad SMARTS) is 1. The van der Waals surface area contributed by atoms with E-state index < -0.39 is 33.7 Å². The van der Waals surface area contributed by atoms with Gasteiger partial charge < -0.3 is 10.4 Å². The van der Waals surface area contributed by atoms with Gasteiger partial charge in [-0.15, -0.1) is 0 Å². The first-order valence-corrected chi connectivity index (χ1v) is 8.97. The number of carbonyl (C=O) groups excluding carboxylic acids is 1. The van der Waals surface area contributed by atoms with Crippen LogP contribution < -0.4 is 5.32 Å². The molecule has 1 amide bonds. The maximum absolute atomic E-state index is 12.2. The Labute approximate surface area is 133 Å². The third kappa shape index (κ3) is 4.20. The first kappa shape index (κ1) is 16.8. The fourth-order valence-electron chi connectivity index (χ4n) is 2.36. The summed E-state index contributed by atoms with van der Waals surface area (Å²) in [5.41, 5.74) is 0.411. The molecule has 0 saturated carbocycles. The van der Waals surface area contributed by atoms with Gasteiger partial charge in [-0.1, -0.05) is 23.7 Å². The molecule has 120 valence electrons. The zero-order valence-electron chi connectivity index (χ0n) is 11.7. The fourth-order valence-corrected chi connectivity index (χ4v) is 3.97. The van der Waals surface area contributed by atoms with Crippen molar-refractivity contribution in [1.29, 1.82) is 0 Å². The first-order chi connectivity index (χ1) is 10.3. The minimum Gasteiger partial charge on any atom is -0.479 e. The van der Waals surface area contributed by atoms with Crippen LogP contribution in [-0.4, -0.2) is 36.9 Å². The number of nitrogens with one attached hydrogen (secondary N) is 1. The molecule has 1 aromatic carbocycles. The molecule has 2 rings (SSSR count). The Bertz CT molecular complexity index is 657. The number of hydrogen-bond acceptors (Lipinski definition) is 4. The van der Waals surface area contributed by atoms with Crippen LogP contribution in [0.2, 0.25) is 5.02 Å². The summed E-state index contributed by atoms with van der Waals surface area (Å²) in [7, 11) is -3.06. The summed E-state index contributed by atoms with van der Waals surface area (Å²) in [5, 5.41) is 12.2. The summed E-state index contributed by atoms with van der Waals surface area (Å²) in [6.07, 6.45) is 0.447. The highest BCUT2D eigenvalue weighted by molar-refractivity contribution is 7.91. The van der Waals surface area contributed by atoms with Gasteiger partial charge >= 0.3 is 5.97 Å². The van der Waals surface area contributed by atoms with Crippen LogP contribution in [0, 0.1) is 5.92 Å².